The summed E-state index contributed by atoms with van der Waals surface area (Å²) in [6.07, 6.45) is 7.75. The quantitative estimate of drug-likeness (QED) is 0.740. The van der Waals surface area contributed by atoms with Crippen LogP contribution in [0.5, 0.6) is 5.75 Å². The van der Waals surface area contributed by atoms with Crippen molar-refractivity contribution in [1.82, 2.24) is 9.55 Å². The molecule has 0 aliphatic heterocycles. The minimum atomic E-state index is 0.775. The average molecular weight is 259 g/mol. The molecule has 0 radical (unpaired) electrons. The Morgan fingerprint density at radius 1 is 1.26 bits per heavy atom. The van der Waals surface area contributed by atoms with Gasteiger partial charge in [-0.25, -0.2) is 4.98 Å². The average Bonchev–Trinajstić information content (AvgIpc) is 2.96. The maximum absolute atomic E-state index is 5.55. The molecule has 19 heavy (non-hydrogen) atoms. The van der Waals surface area contributed by atoms with Crippen molar-refractivity contribution in [3.63, 3.8) is 0 Å². The number of aryl methyl sites for hydroxylation is 1. The lowest BCUT2D eigenvalue weighted by molar-refractivity contribution is 0.317. The highest BCUT2D eigenvalue weighted by Crippen LogP contribution is 2.15. The topological polar surface area (TPSA) is 39.1 Å². The number of aromatic nitrogens is 2. The number of hydrogen-bond acceptors (Lipinski definition) is 3. The molecule has 0 spiro atoms. The van der Waals surface area contributed by atoms with Gasteiger partial charge in [-0.3, -0.25) is 0 Å². The van der Waals surface area contributed by atoms with E-state index < -0.39 is 0 Å². The predicted molar refractivity (Wildman–Crippen MR) is 77.6 cm³/mol. The largest absolute Gasteiger partial charge is 0.494 e. The minimum absolute atomic E-state index is 0.775. The Labute approximate surface area is 114 Å². The summed E-state index contributed by atoms with van der Waals surface area (Å²) in [6.45, 7) is 4.83. The van der Waals surface area contributed by atoms with Crippen LogP contribution >= 0.6 is 0 Å². The van der Waals surface area contributed by atoms with Crippen molar-refractivity contribution in [1.29, 1.82) is 0 Å². The van der Waals surface area contributed by atoms with Crippen molar-refractivity contribution in [2.45, 2.75) is 26.3 Å². The van der Waals surface area contributed by atoms with Crippen LogP contribution in [0.15, 0.2) is 43.0 Å². The summed E-state index contributed by atoms with van der Waals surface area (Å²) in [6, 6.07) is 8.13. The number of ether oxygens (including phenoxy) is 1. The number of hydrogen-bond donors (Lipinski definition) is 1. The van der Waals surface area contributed by atoms with Crippen LogP contribution < -0.4 is 10.1 Å². The van der Waals surface area contributed by atoms with E-state index in [1.165, 1.54) is 0 Å². The SMILES string of the molecule is CCCOc1ccc(NCCCn2ccnc2)cc1. The highest BCUT2D eigenvalue weighted by atomic mass is 16.5. The lowest BCUT2D eigenvalue weighted by atomic mass is 10.3. The summed E-state index contributed by atoms with van der Waals surface area (Å²) < 4.78 is 7.63. The van der Waals surface area contributed by atoms with E-state index in [0.29, 0.717) is 0 Å². The molecule has 1 aromatic heterocycles. The van der Waals surface area contributed by atoms with E-state index in [0.717, 1.165) is 44.0 Å². The van der Waals surface area contributed by atoms with Crippen molar-refractivity contribution in [2.24, 2.45) is 0 Å². The molecule has 102 valence electrons. The summed E-state index contributed by atoms with van der Waals surface area (Å²) >= 11 is 0. The summed E-state index contributed by atoms with van der Waals surface area (Å²) in [5.74, 6) is 0.936. The van der Waals surface area contributed by atoms with E-state index in [1.807, 2.05) is 30.9 Å². The van der Waals surface area contributed by atoms with Gasteiger partial charge in [0.05, 0.1) is 12.9 Å². The van der Waals surface area contributed by atoms with Crippen molar-refractivity contribution in [2.75, 3.05) is 18.5 Å². The molecule has 1 N–H and O–H groups in total. The Kier molecular flexibility index (Phi) is 5.29. The maximum Gasteiger partial charge on any atom is 0.119 e. The van der Waals surface area contributed by atoms with Crippen molar-refractivity contribution in [3.8, 4) is 5.75 Å². The van der Waals surface area contributed by atoms with Gasteiger partial charge in [0, 0.05) is 31.2 Å². The number of anilines is 1. The summed E-state index contributed by atoms with van der Waals surface area (Å²) in [5, 5.41) is 3.40. The molecule has 0 unspecified atom stereocenters. The van der Waals surface area contributed by atoms with E-state index in [-0.39, 0.29) is 0 Å². The zero-order valence-electron chi connectivity index (χ0n) is 11.4. The lowest BCUT2D eigenvalue weighted by Crippen LogP contribution is -2.05. The molecule has 4 nitrogen and oxygen atoms in total. The third-order valence-corrected chi connectivity index (χ3v) is 2.81. The molecule has 0 saturated carbocycles. The van der Waals surface area contributed by atoms with Crippen LogP contribution in [0.25, 0.3) is 0 Å². The second-order valence-electron chi connectivity index (χ2n) is 4.45. The standard InChI is InChI=1S/C15H21N3O/c1-2-12-19-15-6-4-14(5-7-15)17-8-3-10-18-11-9-16-13-18/h4-7,9,11,13,17H,2-3,8,10,12H2,1H3. The third-order valence-electron chi connectivity index (χ3n) is 2.81. The number of rotatable bonds is 8. The van der Waals surface area contributed by atoms with Crippen LogP contribution in [0.4, 0.5) is 5.69 Å². The highest BCUT2D eigenvalue weighted by molar-refractivity contribution is 5.46. The molecule has 0 fully saturated rings. The highest BCUT2D eigenvalue weighted by Gasteiger charge is 1.95. The van der Waals surface area contributed by atoms with Gasteiger partial charge >= 0.3 is 0 Å². The van der Waals surface area contributed by atoms with Gasteiger partial charge < -0.3 is 14.6 Å². The Balaban J connectivity index is 1.68. The molecule has 1 heterocycles. The van der Waals surface area contributed by atoms with Gasteiger partial charge in [0.1, 0.15) is 5.75 Å². The van der Waals surface area contributed by atoms with Gasteiger partial charge in [-0.2, -0.15) is 0 Å². The van der Waals surface area contributed by atoms with Crippen molar-refractivity contribution < 1.29 is 4.74 Å². The first kappa shape index (κ1) is 13.5. The van der Waals surface area contributed by atoms with Gasteiger partial charge in [0.15, 0.2) is 0 Å². The second kappa shape index (κ2) is 7.46. The van der Waals surface area contributed by atoms with Crippen LogP contribution in [0, 0.1) is 0 Å². The molecule has 0 aliphatic rings. The first-order chi connectivity index (χ1) is 9.38. The molecule has 2 rings (SSSR count). The lowest BCUT2D eigenvalue weighted by Gasteiger charge is -2.08. The van der Waals surface area contributed by atoms with Crippen LogP contribution in [0.1, 0.15) is 19.8 Å². The van der Waals surface area contributed by atoms with E-state index in [1.54, 1.807) is 0 Å². The van der Waals surface area contributed by atoms with E-state index in [4.69, 9.17) is 4.74 Å². The Bertz CT molecular complexity index is 451. The minimum Gasteiger partial charge on any atom is -0.494 e. The number of nitrogens with zero attached hydrogens (tertiary/aromatic N) is 2. The monoisotopic (exact) mass is 259 g/mol. The summed E-state index contributed by atoms with van der Waals surface area (Å²) in [4.78, 5) is 4.02. The van der Waals surface area contributed by atoms with E-state index in [2.05, 4.69) is 33.9 Å². The van der Waals surface area contributed by atoms with Gasteiger partial charge in [-0.1, -0.05) is 6.92 Å². The molecule has 0 bridgehead atoms. The fourth-order valence-corrected chi connectivity index (χ4v) is 1.80. The third kappa shape index (κ3) is 4.66. The van der Waals surface area contributed by atoms with E-state index >= 15 is 0 Å². The van der Waals surface area contributed by atoms with Crippen LogP contribution in [-0.4, -0.2) is 22.7 Å². The second-order valence-corrected chi connectivity index (χ2v) is 4.45. The van der Waals surface area contributed by atoms with Crippen LogP contribution in [0.2, 0.25) is 0 Å². The molecule has 4 heteroatoms. The molecule has 0 amide bonds. The molecule has 0 saturated heterocycles. The van der Waals surface area contributed by atoms with Crippen molar-refractivity contribution in [3.05, 3.63) is 43.0 Å². The summed E-state index contributed by atoms with van der Waals surface area (Å²) in [7, 11) is 0. The first-order valence-corrected chi connectivity index (χ1v) is 6.81. The fourth-order valence-electron chi connectivity index (χ4n) is 1.80. The Hall–Kier alpha value is -1.97. The Morgan fingerprint density at radius 3 is 2.79 bits per heavy atom. The smallest absolute Gasteiger partial charge is 0.119 e. The maximum atomic E-state index is 5.55. The summed E-state index contributed by atoms with van der Waals surface area (Å²) in [5.41, 5.74) is 1.13. The van der Waals surface area contributed by atoms with Gasteiger partial charge in [0.2, 0.25) is 0 Å². The van der Waals surface area contributed by atoms with Gasteiger partial charge in [-0.15, -0.1) is 0 Å². The van der Waals surface area contributed by atoms with Gasteiger partial charge in [-0.05, 0) is 37.1 Å². The number of benzene rings is 1. The predicted octanol–water partition coefficient (Wildman–Crippen LogP) is 3.17. The fraction of sp³-hybridized carbons (Fsp3) is 0.400. The first-order valence-electron chi connectivity index (χ1n) is 6.81. The number of nitrogens with one attached hydrogen (secondary N) is 1. The zero-order valence-corrected chi connectivity index (χ0v) is 11.4. The van der Waals surface area contributed by atoms with Crippen LogP contribution in [-0.2, 0) is 6.54 Å². The van der Waals surface area contributed by atoms with Crippen molar-refractivity contribution >= 4 is 5.69 Å². The van der Waals surface area contributed by atoms with E-state index in [9.17, 15) is 0 Å². The van der Waals surface area contributed by atoms with Crippen LogP contribution in [0.3, 0.4) is 0 Å². The van der Waals surface area contributed by atoms with Gasteiger partial charge in [0.25, 0.3) is 0 Å². The Morgan fingerprint density at radius 2 is 2.11 bits per heavy atom. The molecule has 2 aromatic rings. The molecular weight excluding hydrogens is 238 g/mol. The molecule has 0 aliphatic carbocycles. The molecular formula is C15H21N3O. The zero-order chi connectivity index (χ0) is 13.3. The molecule has 1 aromatic carbocycles. The number of imidazole rings is 1. The molecule has 0 atom stereocenters. The normalized spacial score (nSPS) is 10.4.